The van der Waals surface area contributed by atoms with Crippen LogP contribution < -0.4 is 0 Å². The van der Waals surface area contributed by atoms with Crippen LogP contribution in [0.2, 0.25) is 0 Å². The fraction of sp³-hybridized carbons (Fsp3) is 0.286. The zero-order chi connectivity index (χ0) is 9.35. The van der Waals surface area contributed by atoms with Crippen molar-refractivity contribution in [3.63, 3.8) is 0 Å². The van der Waals surface area contributed by atoms with Crippen LogP contribution in [0.15, 0.2) is 17.2 Å². The van der Waals surface area contributed by atoms with E-state index < -0.39 is 9.05 Å². The monoisotopic (exact) mass is 205 g/mol. The van der Waals surface area contributed by atoms with Gasteiger partial charge in [0, 0.05) is 16.4 Å². The molecule has 0 N–H and O–H groups in total. The third-order valence-corrected chi connectivity index (χ3v) is 2.51. The van der Waals surface area contributed by atoms with Crippen LogP contribution >= 0.6 is 10.7 Å². The van der Waals surface area contributed by atoms with Crippen LogP contribution in [-0.2, 0) is 9.05 Å². The van der Waals surface area contributed by atoms with Crippen molar-refractivity contribution in [1.29, 1.82) is 0 Å². The van der Waals surface area contributed by atoms with Gasteiger partial charge in [-0.05, 0) is 31.5 Å². The highest BCUT2D eigenvalue weighted by atomic mass is 35.7. The van der Waals surface area contributed by atoms with Crippen molar-refractivity contribution in [2.24, 2.45) is 0 Å². The molecule has 0 atom stereocenters. The number of aromatic nitrogens is 1. The first kappa shape index (κ1) is 9.48. The van der Waals surface area contributed by atoms with Gasteiger partial charge in [0.1, 0.15) is 0 Å². The molecule has 5 heteroatoms. The molecule has 1 aromatic heterocycles. The Labute approximate surface area is 75.8 Å². The van der Waals surface area contributed by atoms with E-state index in [0.717, 1.165) is 5.56 Å². The second-order valence-electron chi connectivity index (χ2n) is 2.56. The Bertz CT molecular complexity index is 380. The van der Waals surface area contributed by atoms with Gasteiger partial charge in [0.05, 0.1) is 0 Å². The Kier molecular flexibility index (Phi) is 2.39. The van der Waals surface area contributed by atoms with Crippen LogP contribution in [0.4, 0.5) is 0 Å². The summed E-state index contributed by atoms with van der Waals surface area (Å²) < 4.78 is 21.7. The molecule has 0 aliphatic rings. The van der Waals surface area contributed by atoms with E-state index in [9.17, 15) is 8.42 Å². The number of nitrogens with zero attached hydrogens (tertiary/aromatic N) is 1. The lowest BCUT2D eigenvalue weighted by Crippen LogP contribution is -1.97. The van der Waals surface area contributed by atoms with Gasteiger partial charge in [-0.1, -0.05) is 0 Å². The molecule has 3 nitrogen and oxygen atoms in total. The summed E-state index contributed by atoms with van der Waals surface area (Å²) in [7, 11) is 1.43. The minimum atomic E-state index is -3.69. The number of pyridine rings is 1. The Morgan fingerprint density at radius 2 is 1.92 bits per heavy atom. The highest BCUT2D eigenvalue weighted by Gasteiger charge is 2.11. The number of hydrogen-bond acceptors (Lipinski definition) is 3. The summed E-state index contributed by atoms with van der Waals surface area (Å²) in [5.41, 5.74) is 1.48. The van der Waals surface area contributed by atoms with Gasteiger partial charge in [-0.2, -0.15) is 0 Å². The van der Waals surface area contributed by atoms with Crippen molar-refractivity contribution in [3.8, 4) is 0 Å². The van der Waals surface area contributed by atoms with Crippen LogP contribution in [0.25, 0.3) is 0 Å². The maximum atomic E-state index is 10.8. The molecule has 0 aliphatic carbocycles. The average molecular weight is 206 g/mol. The van der Waals surface area contributed by atoms with E-state index in [1.807, 2.05) is 0 Å². The van der Waals surface area contributed by atoms with E-state index in [4.69, 9.17) is 10.7 Å². The molecule has 0 bridgehead atoms. The van der Waals surface area contributed by atoms with E-state index in [1.165, 1.54) is 6.07 Å². The molecule has 0 saturated heterocycles. The second-order valence-corrected chi connectivity index (χ2v) is 5.07. The third-order valence-electron chi connectivity index (χ3n) is 1.32. The normalized spacial score (nSPS) is 11.6. The molecule has 1 rings (SSSR count). The molecule has 1 aromatic rings. The lowest BCUT2D eigenvalue weighted by atomic mass is 10.3. The predicted octanol–water partition coefficient (Wildman–Crippen LogP) is 1.63. The Morgan fingerprint density at radius 3 is 2.33 bits per heavy atom. The summed E-state index contributed by atoms with van der Waals surface area (Å²) in [5, 5.41) is -0.0818. The zero-order valence-electron chi connectivity index (χ0n) is 6.70. The minimum Gasteiger partial charge on any atom is -0.240 e. The second kappa shape index (κ2) is 3.03. The molecule has 0 amide bonds. The van der Waals surface area contributed by atoms with Crippen molar-refractivity contribution in [2.45, 2.75) is 18.9 Å². The van der Waals surface area contributed by atoms with Gasteiger partial charge in [0.2, 0.25) is 0 Å². The van der Waals surface area contributed by atoms with Crippen LogP contribution in [0.1, 0.15) is 11.3 Å². The van der Waals surface area contributed by atoms with E-state index in [-0.39, 0.29) is 5.03 Å². The van der Waals surface area contributed by atoms with E-state index in [1.54, 1.807) is 19.9 Å². The Balaban J connectivity index is 3.37. The molecule has 1 heterocycles. The fourth-order valence-corrected chi connectivity index (χ4v) is 1.75. The summed E-state index contributed by atoms with van der Waals surface area (Å²) in [5.74, 6) is 0. The molecule has 66 valence electrons. The first-order valence-electron chi connectivity index (χ1n) is 3.29. The lowest BCUT2D eigenvalue weighted by Gasteiger charge is -1.99. The molecule has 0 fully saturated rings. The maximum Gasteiger partial charge on any atom is 0.278 e. The topological polar surface area (TPSA) is 47.0 Å². The van der Waals surface area contributed by atoms with Crippen LogP contribution in [0, 0.1) is 13.8 Å². The molecule has 0 spiro atoms. The first-order valence-corrected chi connectivity index (χ1v) is 5.60. The zero-order valence-corrected chi connectivity index (χ0v) is 8.28. The summed E-state index contributed by atoms with van der Waals surface area (Å²) in [6.07, 6.45) is 0. The summed E-state index contributed by atoms with van der Waals surface area (Å²) >= 11 is 0. The van der Waals surface area contributed by atoms with Gasteiger partial charge in [0.15, 0.2) is 5.03 Å². The number of hydrogen-bond donors (Lipinski definition) is 0. The quantitative estimate of drug-likeness (QED) is 0.655. The van der Waals surface area contributed by atoms with E-state index >= 15 is 0 Å². The smallest absolute Gasteiger partial charge is 0.240 e. The predicted molar refractivity (Wildman–Crippen MR) is 46.7 cm³/mol. The molecule has 0 unspecified atom stereocenters. The SMILES string of the molecule is Cc1cc(C)nc(S(=O)(=O)Cl)c1. The Morgan fingerprint density at radius 1 is 1.33 bits per heavy atom. The fourth-order valence-electron chi connectivity index (χ4n) is 0.929. The number of aryl methyl sites for hydroxylation is 2. The molecular weight excluding hydrogens is 198 g/mol. The minimum absolute atomic E-state index is 0.0818. The van der Waals surface area contributed by atoms with Gasteiger partial charge < -0.3 is 0 Å². The maximum absolute atomic E-state index is 10.8. The van der Waals surface area contributed by atoms with E-state index in [0.29, 0.717) is 5.69 Å². The summed E-state index contributed by atoms with van der Waals surface area (Å²) in [6, 6.07) is 3.22. The van der Waals surface area contributed by atoms with Gasteiger partial charge in [-0.25, -0.2) is 13.4 Å². The van der Waals surface area contributed by atoms with Crippen LogP contribution in [0.3, 0.4) is 0 Å². The number of halogens is 1. The molecule has 0 radical (unpaired) electrons. The van der Waals surface area contributed by atoms with Crippen molar-refractivity contribution >= 4 is 19.7 Å². The summed E-state index contributed by atoms with van der Waals surface area (Å²) in [6.45, 7) is 3.51. The van der Waals surface area contributed by atoms with Crippen molar-refractivity contribution < 1.29 is 8.42 Å². The van der Waals surface area contributed by atoms with Gasteiger partial charge in [-0.15, -0.1) is 0 Å². The molecule has 0 aliphatic heterocycles. The van der Waals surface area contributed by atoms with Crippen LogP contribution in [0.5, 0.6) is 0 Å². The van der Waals surface area contributed by atoms with Crippen molar-refractivity contribution in [3.05, 3.63) is 23.4 Å². The largest absolute Gasteiger partial charge is 0.278 e. The molecule has 0 saturated carbocycles. The summed E-state index contributed by atoms with van der Waals surface area (Å²) in [4.78, 5) is 3.79. The highest BCUT2D eigenvalue weighted by molar-refractivity contribution is 8.13. The standard InChI is InChI=1S/C7H8ClNO2S/c1-5-3-6(2)9-7(4-5)12(8,10)11/h3-4H,1-2H3. The first-order chi connectivity index (χ1) is 5.39. The van der Waals surface area contributed by atoms with Crippen LogP contribution in [-0.4, -0.2) is 13.4 Å². The van der Waals surface area contributed by atoms with Gasteiger partial charge in [-0.3, -0.25) is 0 Å². The lowest BCUT2D eigenvalue weighted by molar-refractivity contribution is 0.605. The molecule has 12 heavy (non-hydrogen) atoms. The van der Waals surface area contributed by atoms with Gasteiger partial charge in [0.25, 0.3) is 9.05 Å². The molecular formula is C7H8ClNO2S. The Hall–Kier alpha value is -0.610. The van der Waals surface area contributed by atoms with Crippen molar-refractivity contribution in [1.82, 2.24) is 4.98 Å². The van der Waals surface area contributed by atoms with E-state index in [2.05, 4.69) is 4.98 Å². The number of rotatable bonds is 1. The van der Waals surface area contributed by atoms with Gasteiger partial charge >= 0.3 is 0 Å². The third kappa shape index (κ3) is 2.19. The highest BCUT2D eigenvalue weighted by Crippen LogP contribution is 2.14. The average Bonchev–Trinajstić information content (AvgIpc) is 1.82. The molecule has 0 aromatic carbocycles. The van der Waals surface area contributed by atoms with Crippen molar-refractivity contribution in [2.75, 3.05) is 0 Å².